The van der Waals surface area contributed by atoms with E-state index in [-0.39, 0.29) is 11.8 Å². The molecule has 4 amide bonds. The molecule has 2 rings (SSSR count). The molecule has 0 aromatic carbocycles. The zero-order valence-corrected chi connectivity index (χ0v) is 13.1. The van der Waals surface area contributed by atoms with Gasteiger partial charge in [-0.15, -0.1) is 0 Å². The highest BCUT2D eigenvalue weighted by Gasteiger charge is 2.42. The third-order valence-electron chi connectivity index (χ3n) is 4.55. The van der Waals surface area contributed by atoms with E-state index in [0.29, 0.717) is 12.5 Å². The van der Waals surface area contributed by atoms with Crippen LogP contribution in [0.5, 0.6) is 0 Å². The van der Waals surface area contributed by atoms with E-state index in [9.17, 15) is 14.4 Å². The average Bonchev–Trinajstić information content (AvgIpc) is 2.43. The Morgan fingerprint density at radius 3 is 2.33 bits per heavy atom. The van der Waals surface area contributed by atoms with Crippen LogP contribution < -0.4 is 5.32 Å². The van der Waals surface area contributed by atoms with E-state index in [2.05, 4.69) is 17.1 Å². The van der Waals surface area contributed by atoms with Gasteiger partial charge in [0.05, 0.1) is 0 Å². The highest BCUT2D eigenvalue weighted by atomic mass is 16.2. The fraction of sp³-hybridized carbons (Fsp3) is 0.800. The first kappa shape index (κ1) is 15.9. The van der Waals surface area contributed by atoms with E-state index in [1.807, 2.05) is 13.8 Å². The van der Waals surface area contributed by atoms with E-state index in [0.717, 1.165) is 32.5 Å². The lowest BCUT2D eigenvalue weighted by Crippen LogP contribution is -2.60. The van der Waals surface area contributed by atoms with Gasteiger partial charge in [-0.25, -0.2) is 4.79 Å². The van der Waals surface area contributed by atoms with E-state index in [4.69, 9.17) is 0 Å². The molecule has 0 bridgehead atoms. The lowest BCUT2D eigenvalue weighted by Gasteiger charge is -2.37. The van der Waals surface area contributed by atoms with E-state index < -0.39 is 17.9 Å². The molecular weight excluding hydrogens is 270 g/mol. The summed E-state index contributed by atoms with van der Waals surface area (Å²) >= 11 is 0. The number of carbonyl (C=O) groups is 3. The quantitative estimate of drug-likeness (QED) is 0.788. The fourth-order valence-corrected chi connectivity index (χ4v) is 3.13. The summed E-state index contributed by atoms with van der Waals surface area (Å²) in [7, 11) is 0. The third kappa shape index (κ3) is 3.43. The maximum atomic E-state index is 12.4. The number of hydrogen-bond donors (Lipinski definition) is 1. The summed E-state index contributed by atoms with van der Waals surface area (Å²) < 4.78 is 0. The summed E-state index contributed by atoms with van der Waals surface area (Å²) in [5, 5.41) is 2.32. The molecule has 0 saturated carbocycles. The van der Waals surface area contributed by atoms with Crippen molar-refractivity contribution in [3.8, 4) is 0 Å². The maximum Gasteiger partial charge on any atom is 0.330 e. The van der Waals surface area contributed by atoms with Crippen LogP contribution in [0.2, 0.25) is 0 Å². The number of urea groups is 1. The summed E-state index contributed by atoms with van der Waals surface area (Å²) in [5.41, 5.74) is 0. The molecule has 21 heavy (non-hydrogen) atoms. The number of imide groups is 2. The Kier molecular flexibility index (Phi) is 4.98. The summed E-state index contributed by atoms with van der Waals surface area (Å²) in [6, 6.07) is -0.556. The summed E-state index contributed by atoms with van der Waals surface area (Å²) in [6.45, 7) is 9.29. The van der Waals surface area contributed by atoms with Crippen LogP contribution in [0.25, 0.3) is 0 Å². The van der Waals surface area contributed by atoms with Gasteiger partial charge in [0.2, 0.25) is 11.8 Å². The molecule has 0 spiro atoms. The second kappa shape index (κ2) is 6.56. The van der Waals surface area contributed by atoms with Crippen molar-refractivity contribution in [2.45, 2.75) is 33.6 Å². The van der Waals surface area contributed by atoms with Crippen LogP contribution in [0.15, 0.2) is 0 Å². The zero-order valence-electron chi connectivity index (χ0n) is 13.1. The number of nitrogens with zero attached hydrogens (tertiary/aromatic N) is 2. The van der Waals surface area contributed by atoms with Crippen molar-refractivity contribution < 1.29 is 14.4 Å². The topological polar surface area (TPSA) is 69.7 Å². The lowest BCUT2D eigenvalue weighted by molar-refractivity contribution is -0.145. The monoisotopic (exact) mass is 295 g/mol. The van der Waals surface area contributed by atoms with Gasteiger partial charge in [-0.1, -0.05) is 20.8 Å². The van der Waals surface area contributed by atoms with Gasteiger partial charge in [-0.3, -0.25) is 19.8 Å². The smallest absolute Gasteiger partial charge is 0.304 e. The predicted molar refractivity (Wildman–Crippen MR) is 78.4 cm³/mol. The zero-order chi connectivity index (χ0) is 15.6. The predicted octanol–water partition coefficient (Wildman–Crippen LogP) is 1.07. The van der Waals surface area contributed by atoms with Crippen molar-refractivity contribution in [3.63, 3.8) is 0 Å². The van der Waals surface area contributed by atoms with Crippen LogP contribution in [0.4, 0.5) is 4.79 Å². The Bertz CT molecular complexity index is 428. The van der Waals surface area contributed by atoms with Crippen molar-refractivity contribution in [2.24, 2.45) is 17.8 Å². The standard InChI is InChI=1S/C15H25N3O3/c1-4-17-7-5-11(6-8-17)9-18-14(20)12(10(2)3)13(19)16-15(18)21/h10-12H,4-9H2,1-3H3,(H,16,19,21). The first-order valence-corrected chi connectivity index (χ1v) is 7.82. The van der Waals surface area contributed by atoms with Gasteiger partial charge < -0.3 is 4.90 Å². The molecule has 1 N–H and O–H groups in total. The van der Waals surface area contributed by atoms with E-state index in [1.165, 1.54) is 4.90 Å². The minimum atomic E-state index is -0.738. The number of likely N-dealkylation sites (tertiary alicyclic amines) is 1. The maximum absolute atomic E-state index is 12.4. The van der Waals surface area contributed by atoms with Gasteiger partial charge in [0, 0.05) is 6.54 Å². The molecule has 1 atom stereocenters. The first-order valence-electron chi connectivity index (χ1n) is 7.82. The molecule has 6 nitrogen and oxygen atoms in total. The number of hydrogen-bond acceptors (Lipinski definition) is 4. The molecule has 0 radical (unpaired) electrons. The SMILES string of the molecule is CCN1CCC(CN2C(=O)NC(=O)C(C(C)C)C2=O)CC1. The number of rotatable bonds is 4. The van der Waals surface area contributed by atoms with Crippen LogP contribution in [0.3, 0.4) is 0 Å². The second-order valence-electron chi connectivity index (χ2n) is 6.34. The van der Waals surface area contributed by atoms with Crippen LogP contribution in [0.1, 0.15) is 33.6 Å². The Morgan fingerprint density at radius 2 is 1.81 bits per heavy atom. The lowest BCUT2D eigenvalue weighted by atomic mass is 9.90. The summed E-state index contributed by atoms with van der Waals surface area (Å²) in [4.78, 5) is 39.8. The Balaban J connectivity index is 2.00. The molecule has 0 aliphatic carbocycles. The minimum Gasteiger partial charge on any atom is -0.304 e. The van der Waals surface area contributed by atoms with Crippen LogP contribution >= 0.6 is 0 Å². The third-order valence-corrected chi connectivity index (χ3v) is 4.55. The molecule has 2 aliphatic rings. The van der Waals surface area contributed by atoms with Crippen LogP contribution in [-0.4, -0.2) is 53.8 Å². The van der Waals surface area contributed by atoms with Crippen molar-refractivity contribution in [1.82, 2.24) is 15.1 Å². The molecule has 0 aromatic rings. The molecule has 2 heterocycles. The molecule has 118 valence electrons. The van der Waals surface area contributed by atoms with E-state index in [1.54, 1.807) is 0 Å². The van der Waals surface area contributed by atoms with Crippen LogP contribution in [-0.2, 0) is 9.59 Å². The molecule has 6 heteroatoms. The Hall–Kier alpha value is -1.43. The minimum absolute atomic E-state index is 0.102. The molecule has 1 unspecified atom stereocenters. The Morgan fingerprint density at radius 1 is 1.19 bits per heavy atom. The largest absolute Gasteiger partial charge is 0.330 e. The second-order valence-corrected chi connectivity index (χ2v) is 6.34. The van der Waals surface area contributed by atoms with Gasteiger partial charge in [-0.2, -0.15) is 0 Å². The average molecular weight is 295 g/mol. The molecular formula is C15H25N3O3. The van der Waals surface area contributed by atoms with Crippen molar-refractivity contribution in [1.29, 1.82) is 0 Å². The van der Waals surface area contributed by atoms with Gasteiger partial charge in [0.1, 0.15) is 5.92 Å². The highest BCUT2D eigenvalue weighted by molar-refractivity contribution is 6.16. The van der Waals surface area contributed by atoms with Crippen molar-refractivity contribution in [2.75, 3.05) is 26.2 Å². The van der Waals surface area contributed by atoms with Gasteiger partial charge >= 0.3 is 6.03 Å². The van der Waals surface area contributed by atoms with Gasteiger partial charge in [0.25, 0.3) is 0 Å². The van der Waals surface area contributed by atoms with Gasteiger partial charge in [0.15, 0.2) is 0 Å². The van der Waals surface area contributed by atoms with Crippen LogP contribution in [0, 0.1) is 17.8 Å². The van der Waals surface area contributed by atoms with Gasteiger partial charge in [-0.05, 0) is 44.3 Å². The normalized spacial score (nSPS) is 25.6. The molecule has 0 aromatic heterocycles. The first-order chi connectivity index (χ1) is 9.93. The number of amides is 4. The van der Waals surface area contributed by atoms with E-state index >= 15 is 0 Å². The number of carbonyl (C=O) groups excluding carboxylic acids is 3. The molecule has 2 fully saturated rings. The fourth-order valence-electron chi connectivity index (χ4n) is 3.13. The van der Waals surface area contributed by atoms with Crippen molar-refractivity contribution >= 4 is 17.8 Å². The highest BCUT2D eigenvalue weighted by Crippen LogP contribution is 2.23. The number of nitrogens with one attached hydrogen (secondary N) is 1. The molecule has 2 aliphatic heterocycles. The molecule has 2 saturated heterocycles. The number of piperidine rings is 1. The summed E-state index contributed by atoms with van der Waals surface area (Å²) in [5.74, 6) is -1.30. The van der Waals surface area contributed by atoms with Crippen molar-refractivity contribution in [3.05, 3.63) is 0 Å². The summed E-state index contributed by atoms with van der Waals surface area (Å²) in [6.07, 6.45) is 1.98. The Labute approximate surface area is 125 Å². The number of barbiturate groups is 1.